The van der Waals surface area contributed by atoms with Gasteiger partial charge in [-0.25, -0.2) is 8.42 Å². The van der Waals surface area contributed by atoms with Gasteiger partial charge in [-0.3, -0.25) is 9.48 Å². The summed E-state index contributed by atoms with van der Waals surface area (Å²) < 4.78 is 25.6. The second-order valence-corrected chi connectivity index (χ2v) is 8.77. The molecule has 8 heteroatoms. The lowest BCUT2D eigenvalue weighted by Gasteiger charge is -2.36. The van der Waals surface area contributed by atoms with Gasteiger partial charge in [-0.2, -0.15) is 5.10 Å². The molecule has 2 fully saturated rings. The average molecular weight is 340 g/mol. The van der Waals surface area contributed by atoms with Crippen LogP contribution in [0.2, 0.25) is 0 Å². The van der Waals surface area contributed by atoms with E-state index in [4.69, 9.17) is 0 Å². The lowest BCUT2D eigenvalue weighted by Crippen LogP contribution is -2.55. The van der Waals surface area contributed by atoms with E-state index in [0.717, 1.165) is 25.9 Å². The van der Waals surface area contributed by atoms with Gasteiger partial charge in [0.1, 0.15) is 5.54 Å². The first-order valence-electron chi connectivity index (χ1n) is 8.21. The Morgan fingerprint density at radius 3 is 2.70 bits per heavy atom. The van der Waals surface area contributed by atoms with Crippen LogP contribution in [-0.4, -0.2) is 55.2 Å². The minimum atomic E-state index is -3.07. The molecule has 23 heavy (non-hydrogen) atoms. The van der Waals surface area contributed by atoms with Crippen LogP contribution in [0.1, 0.15) is 25.7 Å². The van der Waals surface area contributed by atoms with Crippen LogP contribution in [0.3, 0.4) is 0 Å². The molecule has 0 unspecified atom stereocenters. The summed E-state index contributed by atoms with van der Waals surface area (Å²) in [5, 5.41) is 10.3. The predicted octanol–water partition coefficient (Wildman–Crippen LogP) is -0.0972. The Morgan fingerprint density at radius 1 is 1.35 bits per heavy atom. The number of aromatic nitrogens is 2. The van der Waals surface area contributed by atoms with Crippen molar-refractivity contribution in [1.29, 1.82) is 0 Å². The van der Waals surface area contributed by atoms with Crippen molar-refractivity contribution >= 4 is 15.7 Å². The molecule has 1 aliphatic heterocycles. The van der Waals surface area contributed by atoms with E-state index < -0.39 is 15.4 Å². The Labute approximate surface area is 136 Å². The SMILES string of the molecule is O=C(NCCS(=O)(=O)CC1CC1)C1(n2cccn2)CCNCC1. The molecule has 1 saturated carbocycles. The topological polar surface area (TPSA) is 93.1 Å². The highest BCUT2D eigenvalue weighted by atomic mass is 32.2. The Balaban J connectivity index is 1.60. The number of carbonyl (C=O) groups is 1. The smallest absolute Gasteiger partial charge is 0.248 e. The number of hydrogen-bond acceptors (Lipinski definition) is 5. The highest BCUT2D eigenvalue weighted by molar-refractivity contribution is 7.91. The first-order valence-corrected chi connectivity index (χ1v) is 10.0. The molecule has 7 nitrogen and oxygen atoms in total. The molecule has 1 aliphatic carbocycles. The number of amides is 1. The standard InChI is InChI=1S/C15H24N4O3S/c20-14(17-9-11-23(21,22)12-13-2-3-13)15(4-7-16-8-5-15)19-10-1-6-18-19/h1,6,10,13,16H,2-5,7-9,11-12H2,(H,17,20). The zero-order chi connectivity index (χ0) is 16.3. The summed E-state index contributed by atoms with van der Waals surface area (Å²) in [4.78, 5) is 12.7. The van der Waals surface area contributed by atoms with Crippen LogP contribution in [0.25, 0.3) is 0 Å². The summed E-state index contributed by atoms with van der Waals surface area (Å²) in [6.45, 7) is 1.66. The van der Waals surface area contributed by atoms with Gasteiger partial charge in [0.25, 0.3) is 0 Å². The third-order valence-corrected chi connectivity index (χ3v) is 6.49. The van der Waals surface area contributed by atoms with Crippen molar-refractivity contribution in [3.63, 3.8) is 0 Å². The zero-order valence-electron chi connectivity index (χ0n) is 13.2. The maximum Gasteiger partial charge on any atom is 0.248 e. The molecule has 2 heterocycles. The lowest BCUT2D eigenvalue weighted by molar-refractivity contribution is -0.131. The third-order valence-electron chi connectivity index (χ3n) is 4.68. The summed E-state index contributed by atoms with van der Waals surface area (Å²) in [6, 6.07) is 1.80. The first-order chi connectivity index (χ1) is 11.0. The van der Waals surface area contributed by atoms with Crippen molar-refractivity contribution in [3.05, 3.63) is 18.5 Å². The van der Waals surface area contributed by atoms with Crippen LogP contribution >= 0.6 is 0 Å². The lowest BCUT2D eigenvalue weighted by atomic mass is 9.87. The highest BCUT2D eigenvalue weighted by Crippen LogP contribution is 2.30. The first kappa shape index (κ1) is 16.4. The monoisotopic (exact) mass is 340 g/mol. The van der Waals surface area contributed by atoms with Crippen molar-refractivity contribution in [3.8, 4) is 0 Å². The summed E-state index contributed by atoms with van der Waals surface area (Å²) in [5.74, 6) is 0.486. The van der Waals surface area contributed by atoms with Crippen LogP contribution < -0.4 is 10.6 Å². The molecule has 0 aromatic carbocycles. The Hall–Kier alpha value is -1.41. The number of sulfone groups is 1. The van der Waals surface area contributed by atoms with E-state index in [-0.39, 0.29) is 24.0 Å². The van der Waals surface area contributed by atoms with Crippen molar-refractivity contribution in [2.24, 2.45) is 5.92 Å². The van der Waals surface area contributed by atoms with E-state index >= 15 is 0 Å². The van der Waals surface area contributed by atoms with Gasteiger partial charge in [-0.05, 0) is 50.8 Å². The van der Waals surface area contributed by atoms with E-state index in [9.17, 15) is 13.2 Å². The summed E-state index contributed by atoms with van der Waals surface area (Å²) in [7, 11) is -3.07. The minimum absolute atomic E-state index is 0.0165. The fourth-order valence-corrected chi connectivity index (χ4v) is 4.77. The second kappa shape index (κ2) is 6.60. The van der Waals surface area contributed by atoms with Crippen LogP contribution in [0, 0.1) is 5.92 Å². The molecule has 0 bridgehead atoms. The van der Waals surface area contributed by atoms with E-state index in [1.165, 1.54) is 0 Å². The molecule has 3 rings (SSSR count). The molecule has 0 spiro atoms. The van der Waals surface area contributed by atoms with Gasteiger partial charge in [0.05, 0.1) is 11.5 Å². The van der Waals surface area contributed by atoms with Gasteiger partial charge in [0, 0.05) is 18.9 Å². The summed E-state index contributed by atoms with van der Waals surface area (Å²) in [6.07, 6.45) is 6.79. The number of hydrogen-bond donors (Lipinski definition) is 2. The van der Waals surface area contributed by atoms with Gasteiger partial charge in [0.2, 0.25) is 5.91 Å². The molecule has 0 radical (unpaired) electrons. The van der Waals surface area contributed by atoms with Gasteiger partial charge >= 0.3 is 0 Å². The molecule has 2 aliphatic rings. The van der Waals surface area contributed by atoms with E-state index in [1.807, 2.05) is 0 Å². The molecule has 1 aromatic rings. The van der Waals surface area contributed by atoms with Crippen molar-refractivity contribution in [1.82, 2.24) is 20.4 Å². The predicted molar refractivity (Wildman–Crippen MR) is 86.7 cm³/mol. The fraction of sp³-hybridized carbons (Fsp3) is 0.733. The number of carbonyl (C=O) groups excluding carboxylic acids is 1. The molecule has 2 N–H and O–H groups in total. The summed E-state index contributed by atoms with van der Waals surface area (Å²) in [5.41, 5.74) is -0.713. The molecular formula is C15H24N4O3S. The van der Waals surface area contributed by atoms with Crippen LogP contribution in [-0.2, 0) is 20.2 Å². The van der Waals surface area contributed by atoms with Gasteiger partial charge < -0.3 is 10.6 Å². The van der Waals surface area contributed by atoms with Gasteiger partial charge in [0.15, 0.2) is 9.84 Å². The van der Waals surface area contributed by atoms with Gasteiger partial charge in [-0.15, -0.1) is 0 Å². The number of nitrogens with zero attached hydrogens (tertiary/aromatic N) is 2. The van der Waals surface area contributed by atoms with E-state index in [0.29, 0.717) is 18.8 Å². The molecule has 1 amide bonds. The number of piperidine rings is 1. The van der Waals surface area contributed by atoms with Crippen molar-refractivity contribution in [2.75, 3.05) is 31.1 Å². The van der Waals surface area contributed by atoms with Crippen molar-refractivity contribution < 1.29 is 13.2 Å². The molecule has 0 atom stereocenters. The molecule has 128 valence electrons. The van der Waals surface area contributed by atoms with Crippen LogP contribution in [0.4, 0.5) is 0 Å². The molecular weight excluding hydrogens is 316 g/mol. The maximum absolute atomic E-state index is 12.7. The second-order valence-electron chi connectivity index (χ2n) is 6.55. The van der Waals surface area contributed by atoms with E-state index in [1.54, 1.807) is 23.1 Å². The Bertz CT molecular complexity index is 632. The summed E-state index contributed by atoms with van der Waals surface area (Å²) >= 11 is 0. The third kappa shape index (κ3) is 3.92. The van der Waals surface area contributed by atoms with Crippen molar-refractivity contribution in [2.45, 2.75) is 31.2 Å². The van der Waals surface area contributed by atoms with Gasteiger partial charge in [-0.1, -0.05) is 0 Å². The highest BCUT2D eigenvalue weighted by Gasteiger charge is 2.41. The van der Waals surface area contributed by atoms with E-state index in [2.05, 4.69) is 15.7 Å². The maximum atomic E-state index is 12.7. The largest absolute Gasteiger partial charge is 0.353 e. The number of rotatable bonds is 7. The van der Waals surface area contributed by atoms with Crippen LogP contribution in [0.5, 0.6) is 0 Å². The quantitative estimate of drug-likeness (QED) is 0.723. The zero-order valence-corrected chi connectivity index (χ0v) is 14.0. The van der Waals surface area contributed by atoms with Crippen LogP contribution in [0.15, 0.2) is 18.5 Å². The Kier molecular flexibility index (Phi) is 4.72. The Morgan fingerprint density at radius 2 is 2.09 bits per heavy atom. The molecule has 1 aromatic heterocycles. The number of nitrogens with one attached hydrogen (secondary N) is 2. The molecule has 1 saturated heterocycles. The fourth-order valence-electron chi connectivity index (χ4n) is 3.13. The normalized spacial score (nSPS) is 21.0. The minimum Gasteiger partial charge on any atom is -0.353 e. The average Bonchev–Trinajstić information content (AvgIpc) is 3.15.